The normalized spacial score (nSPS) is 25.6. The molecule has 1 saturated heterocycles. The third-order valence-electron chi connectivity index (χ3n) is 3.64. The first kappa shape index (κ1) is 16.9. The van der Waals surface area contributed by atoms with Gasteiger partial charge in [0.15, 0.2) is 6.10 Å². The van der Waals surface area contributed by atoms with Crippen molar-refractivity contribution in [1.82, 2.24) is 0 Å². The number of carbonyl (C=O) groups excluding carboxylic acids is 1. The Morgan fingerprint density at radius 2 is 1.95 bits per heavy atom. The minimum Gasteiger partial charge on any atom is -0.497 e. The van der Waals surface area contributed by atoms with E-state index in [1.807, 2.05) is 38.1 Å². The molecule has 0 saturated carbocycles. The van der Waals surface area contributed by atoms with Crippen molar-refractivity contribution in [3.63, 3.8) is 0 Å². The Hall–Kier alpha value is -0.108. The standard InChI is InChI=1S/C14H19NO3.Ac/c1-4-9-14(2)12(16)13(17)15(14)10-5-7-11(18-3)8-6-10;/h5-8,12,16H,4,9H2,1-3H3;/t12-,14?;/m0./s1. The fourth-order valence-corrected chi connectivity index (χ4v) is 2.60. The van der Waals surface area contributed by atoms with E-state index in [0.29, 0.717) is 0 Å². The van der Waals surface area contributed by atoms with Gasteiger partial charge in [-0.05, 0) is 37.6 Å². The monoisotopic (exact) mass is 476 g/mol. The second-order valence-electron chi connectivity index (χ2n) is 4.88. The number of hydrogen-bond donors (Lipinski definition) is 1. The number of ether oxygens (including phenoxy) is 1. The van der Waals surface area contributed by atoms with Gasteiger partial charge in [0.05, 0.1) is 12.6 Å². The molecule has 1 unspecified atom stereocenters. The molecule has 1 N–H and O–H groups in total. The van der Waals surface area contributed by atoms with Crippen molar-refractivity contribution in [3.05, 3.63) is 24.3 Å². The number of carbonyl (C=O) groups is 1. The van der Waals surface area contributed by atoms with Crippen LogP contribution < -0.4 is 9.64 Å². The predicted molar refractivity (Wildman–Crippen MR) is 69.8 cm³/mol. The fourth-order valence-electron chi connectivity index (χ4n) is 2.60. The Balaban J connectivity index is 0.00000180. The minimum absolute atomic E-state index is 0. The second-order valence-corrected chi connectivity index (χ2v) is 4.88. The smallest absolute Gasteiger partial charge is 0.258 e. The van der Waals surface area contributed by atoms with Crippen molar-refractivity contribution in [3.8, 4) is 5.75 Å². The molecule has 1 radical (unpaired) electrons. The van der Waals surface area contributed by atoms with E-state index < -0.39 is 11.6 Å². The van der Waals surface area contributed by atoms with Crippen LogP contribution in [0.15, 0.2) is 24.3 Å². The van der Waals surface area contributed by atoms with E-state index in [-0.39, 0.29) is 50.0 Å². The van der Waals surface area contributed by atoms with E-state index in [9.17, 15) is 9.90 Å². The molecular weight excluding hydrogens is 457 g/mol. The molecule has 1 heterocycles. The third-order valence-corrected chi connectivity index (χ3v) is 3.64. The van der Waals surface area contributed by atoms with Crippen molar-refractivity contribution in [1.29, 1.82) is 0 Å². The molecule has 2 atom stereocenters. The Morgan fingerprint density at radius 3 is 2.42 bits per heavy atom. The van der Waals surface area contributed by atoms with Gasteiger partial charge in [0.1, 0.15) is 5.75 Å². The molecule has 2 rings (SSSR count). The van der Waals surface area contributed by atoms with E-state index >= 15 is 0 Å². The van der Waals surface area contributed by atoms with E-state index in [1.54, 1.807) is 12.0 Å². The number of nitrogens with zero attached hydrogens (tertiary/aromatic N) is 1. The topological polar surface area (TPSA) is 49.8 Å². The molecule has 0 spiro atoms. The summed E-state index contributed by atoms with van der Waals surface area (Å²) in [7, 11) is 1.61. The molecule has 1 aromatic rings. The molecule has 1 aliphatic rings. The molecule has 1 aliphatic heterocycles. The van der Waals surface area contributed by atoms with Gasteiger partial charge in [-0.2, -0.15) is 0 Å². The van der Waals surface area contributed by atoms with Crippen LogP contribution in [0.4, 0.5) is 5.69 Å². The summed E-state index contributed by atoms with van der Waals surface area (Å²) in [5.74, 6) is 0.528. The Morgan fingerprint density at radius 1 is 1.37 bits per heavy atom. The van der Waals surface area contributed by atoms with Gasteiger partial charge in [-0.1, -0.05) is 13.3 Å². The Bertz CT molecular complexity index is 449. The van der Waals surface area contributed by atoms with Gasteiger partial charge >= 0.3 is 0 Å². The largest absolute Gasteiger partial charge is 0.497 e. The molecule has 101 valence electrons. The van der Waals surface area contributed by atoms with E-state index in [4.69, 9.17) is 4.74 Å². The summed E-state index contributed by atoms with van der Waals surface area (Å²) in [6.45, 7) is 3.97. The number of aliphatic hydroxyl groups excluding tert-OH is 1. The van der Waals surface area contributed by atoms with Crippen LogP contribution in [-0.4, -0.2) is 29.8 Å². The zero-order valence-electron chi connectivity index (χ0n) is 11.6. The summed E-state index contributed by atoms with van der Waals surface area (Å²) >= 11 is 0. The number of methoxy groups -OCH3 is 1. The maximum atomic E-state index is 11.9. The number of aliphatic hydroxyl groups is 1. The number of amides is 1. The molecule has 19 heavy (non-hydrogen) atoms. The minimum atomic E-state index is -0.889. The quantitative estimate of drug-likeness (QED) is 0.677. The van der Waals surface area contributed by atoms with Crippen molar-refractivity contribution in [2.24, 2.45) is 0 Å². The molecule has 4 nitrogen and oxygen atoms in total. The SMILES string of the molecule is CCCC1(C)[C@@H](O)C(=O)N1c1ccc(OC)cc1.[Ac]. The van der Waals surface area contributed by atoms with Crippen LogP contribution >= 0.6 is 0 Å². The summed E-state index contributed by atoms with van der Waals surface area (Å²) in [6.07, 6.45) is 0.818. The van der Waals surface area contributed by atoms with Crippen LogP contribution in [0.3, 0.4) is 0 Å². The van der Waals surface area contributed by atoms with Gasteiger partial charge in [0.25, 0.3) is 5.91 Å². The van der Waals surface area contributed by atoms with Crippen molar-refractivity contribution < 1.29 is 58.7 Å². The zero-order chi connectivity index (χ0) is 13.3. The molecule has 0 aromatic heterocycles. The first-order valence-electron chi connectivity index (χ1n) is 6.20. The van der Waals surface area contributed by atoms with Gasteiger partial charge in [0, 0.05) is 49.7 Å². The average molecular weight is 476 g/mol. The molecule has 0 aliphatic carbocycles. The summed E-state index contributed by atoms with van der Waals surface area (Å²) in [5, 5.41) is 9.88. The summed E-state index contributed by atoms with van der Waals surface area (Å²) in [6, 6.07) is 7.33. The van der Waals surface area contributed by atoms with E-state index in [1.165, 1.54) is 0 Å². The number of hydrogen-bond acceptors (Lipinski definition) is 3. The van der Waals surface area contributed by atoms with Gasteiger partial charge in [0.2, 0.25) is 0 Å². The molecule has 5 heteroatoms. The number of β-lactam (4-membered cyclic amide) rings is 1. The van der Waals surface area contributed by atoms with Crippen molar-refractivity contribution in [2.45, 2.75) is 38.3 Å². The first-order valence-corrected chi connectivity index (χ1v) is 6.20. The molecular formula is C14H19AcNO3. The number of anilines is 1. The van der Waals surface area contributed by atoms with Gasteiger partial charge in [-0.15, -0.1) is 0 Å². The average Bonchev–Trinajstić information content (AvgIpc) is 2.39. The fraction of sp³-hybridized carbons (Fsp3) is 0.500. The van der Waals surface area contributed by atoms with Gasteiger partial charge in [-0.3, -0.25) is 4.79 Å². The van der Waals surface area contributed by atoms with Crippen molar-refractivity contribution in [2.75, 3.05) is 12.0 Å². The number of benzene rings is 1. The second kappa shape index (κ2) is 6.56. The number of rotatable bonds is 4. The third kappa shape index (κ3) is 2.84. The van der Waals surface area contributed by atoms with Crippen LogP contribution in [0.25, 0.3) is 0 Å². The predicted octanol–water partition coefficient (Wildman–Crippen LogP) is 1.96. The van der Waals surface area contributed by atoms with Gasteiger partial charge in [-0.25, -0.2) is 0 Å². The van der Waals surface area contributed by atoms with Crippen LogP contribution in [-0.2, 0) is 4.79 Å². The van der Waals surface area contributed by atoms with Crippen LogP contribution in [0.5, 0.6) is 5.75 Å². The van der Waals surface area contributed by atoms with E-state index in [0.717, 1.165) is 24.3 Å². The summed E-state index contributed by atoms with van der Waals surface area (Å²) < 4.78 is 5.10. The van der Waals surface area contributed by atoms with Gasteiger partial charge < -0.3 is 14.7 Å². The maximum Gasteiger partial charge on any atom is 0.258 e. The zero-order valence-corrected chi connectivity index (χ0v) is 16.3. The first-order chi connectivity index (χ1) is 8.54. The van der Waals surface area contributed by atoms with Crippen LogP contribution in [0, 0.1) is 44.1 Å². The maximum absolute atomic E-state index is 11.9. The van der Waals surface area contributed by atoms with Crippen molar-refractivity contribution >= 4 is 11.6 Å². The van der Waals surface area contributed by atoms with E-state index in [2.05, 4.69) is 0 Å². The summed E-state index contributed by atoms with van der Waals surface area (Å²) in [5.41, 5.74) is 0.322. The Labute approximate surface area is 149 Å². The summed E-state index contributed by atoms with van der Waals surface area (Å²) in [4.78, 5) is 13.5. The Kier molecular flexibility index (Phi) is 5.85. The molecule has 1 amide bonds. The van der Waals surface area contributed by atoms with Crippen LogP contribution in [0.1, 0.15) is 26.7 Å². The molecule has 0 bridgehead atoms. The molecule has 1 fully saturated rings. The molecule has 1 aromatic carbocycles. The van der Waals surface area contributed by atoms with Crippen LogP contribution in [0.2, 0.25) is 0 Å².